The first kappa shape index (κ1) is 20.3. The average molecular weight is 372 g/mol. The van der Waals surface area contributed by atoms with Crippen molar-refractivity contribution in [1.29, 1.82) is 0 Å². The number of nitrogens with zero attached hydrogens (tertiary/aromatic N) is 1. The van der Waals surface area contributed by atoms with E-state index in [9.17, 15) is 10.2 Å². The molecule has 1 heterocycles. The van der Waals surface area contributed by atoms with Crippen LogP contribution in [-0.2, 0) is 11.2 Å². The number of aromatic hydroxyl groups is 1. The van der Waals surface area contributed by atoms with Crippen LogP contribution >= 0.6 is 12.4 Å². The van der Waals surface area contributed by atoms with Gasteiger partial charge < -0.3 is 19.7 Å². The molecule has 1 saturated heterocycles. The summed E-state index contributed by atoms with van der Waals surface area (Å²) in [6.07, 6.45) is 6.55. The van der Waals surface area contributed by atoms with Crippen molar-refractivity contribution in [3.8, 4) is 11.5 Å². The number of likely N-dealkylation sites (tertiary alicyclic amines) is 1. The van der Waals surface area contributed by atoms with Crippen LogP contribution in [0.25, 0.3) is 0 Å². The number of aliphatic hydroxyl groups excluding tert-OH is 1. The summed E-state index contributed by atoms with van der Waals surface area (Å²) in [7, 11) is 1.56. The van der Waals surface area contributed by atoms with Crippen molar-refractivity contribution < 1.29 is 19.7 Å². The largest absolute Gasteiger partial charge is 0.504 e. The number of ether oxygens (including phenoxy) is 2. The van der Waals surface area contributed by atoms with Crippen molar-refractivity contribution in [3.63, 3.8) is 0 Å². The fourth-order valence-electron chi connectivity index (χ4n) is 3.96. The highest BCUT2D eigenvalue weighted by molar-refractivity contribution is 5.85. The molecule has 1 saturated carbocycles. The Balaban J connectivity index is 0.00000225. The molecule has 0 spiro atoms. The Morgan fingerprint density at radius 1 is 1.20 bits per heavy atom. The molecule has 2 fully saturated rings. The van der Waals surface area contributed by atoms with Crippen LogP contribution in [0.15, 0.2) is 18.2 Å². The highest BCUT2D eigenvalue weighted by Crippen LogP contribution is 2.29. The van der Waals surface area contributed by atoms with E-state index in [-0.39, 0.29) is 30.4 Å². The molecular weight excluding hydrogens is 342 g/mol. The molecule has 1 aromatic rings. The molecule has 2 N–H and O–H groups in total. The van der Waals surface area contributed by atoms with Gasteiger partial charge in [0, 0.05) is 19.1 Å². The van der Waals surface area contributed by atoms with Crippen molar-refractivity contribution in [2.24, 2.45) is 0 Å². The van der Waals surface area contributed by atoms with Gasteiger partial charge in [-0.2, -0.15) is 0 Å². The van der Waals surface area contributed by atoms with Crippen LogP contribution in [0.5, 0.6) is 11.5 Å². The smallest absolute Gasteiger partial charge is 0.160 e. The second kappa shape index (κ2) is 9.62. The third-order valence-corrected chi connectivity index (χ3v) is 5.30. The first-order valence-corrected chi connectivity index (χ1v) is 9.07. The molecule has 0 unspecified atom stereocenters. The molecule has 1 aromatic carbocycles. The molecule has 25 heavy (non-hydrogen) atoms. The van der Waals surface area contributed by atoms with Crippen molar-refractivity contribution in [3.05, 3.63) is 23.8 Å². The van der Waals surface area contributed by atoms with Crippen LogP contribution in [-0.4, -0.2) is 60.2 Å². The molecule has 1 aliphatic heterocycles. The van der Waals surface area contributed by atoms with Gasteiger partial charge in [-0.25, -0.2) is 0 Å². The topological polar surface area (TPSA) is 62.2 Å². The summed E-state index contributed by atoms with van der Waals surface area (Å²) in [5.41, 5.74) is 1.11. The van der Waals surface area contributed by atoms with Gasteiger partial charge in [0.2, 0.25) is 0 Å². The molecular formula is C19H30ClNO4. The summed E-state index contributed by atoms with van der Waals surface area (Å²) in [5, 5.41) is 19.5. The number of β-amino-alcohol motifs (C(OH)–C–C–N with tert-alkyl or cyclic N) is 1. The van der Waals surface area contributed by atoms with E-state index in [4.69, 9.17) is 9.47 Å². The minimum atomic E-state index is -0.169. The molecule has 0 aromatic heterocycles. The number of hydrogen-bond acceptors (Lipinski definition) is 5. The van der Waals surface area contributed by atoms with Gasteiger partial charge in [0.15, 0.2) is 11.5 Å². The van der Waals surface area contributed by atoms with E-state index in [0.717, 1.165) is 37.9 Å². The van der Waals surface area contributed by atoms with E-state index in [1.165, 1.54) is 19.3 Å². The number of phenols is 1. The number of methoxy groups -OCH3 is 1. The minimum Gasteiger partial charge on any atom is -0.504 e. The molecule has 3 atom stereocenters. The van der Waals surface area contributed by atoms with Gasteiger partial charge in [0.1, 0.15) is 0 Å². The monoisotopic (exact) mass is 371 g/mol. The molecule has 5 nitrogen and oxygen atoms in total. The summed E-state index contributed by atoms with van der Waals surface area (Å²) in [5.74, 6) is 0.677. The van der Waals surface area contributed by atoms with E-state index >= 15 is 0 Å². The van der Waals surface area contributed by atoms with E-state index < -0.39 is 0 Å². The molecule has 2 aliphatic rings. The maximum absolute atomic E-state index is 9.80. The fraction of sp³-hybridized carbons (Fsp3) is 0.684. The van der Waals surface area contributed by atoms with Gasteiger partial charge in [0.05, 0.1) is 25.9 Å². The first-order chi connectivity index (χ1) is 11.7. The maximum Gasteiger partial charge on any atom is 0.160 e. The SMILES string of the molecule is COc1cc(CCO[C@H]2CCCC[C@@H]2N2CC[C@@H](O)C2)ccc1O.Cl. The second-order valence-corrected chi connectivity index (χ2v) is 6.95. The van der Waals surface area contributed by atoms with Crippen molar-refractivity contribution >= 4 is 12.4 Å². The summed E-state index contributed by atoms with van der Waals surface area (Å²) in [6, 6.07) is 5.90. The standard InChI is InChI=1S/C19H29NO4.ClH/c1-23-19-12-14(6-7-17(19)22)9-11-24-18-5-3-2-4-16(18)20-10-8-15(21)13-20;/h6-7,12,15-16,18,21-22H,2-5,8-11,13H2,1H3;1H/t15-,16+,18+;/m1./s1. The average Bonchev–Trinajstić information content (AvgIpc) is 3.03. The number of aliphatic hydroxyl groups is 1. The number of halogens is 1. The van der Waals surface area contributed by atoms with Gasteiger partial charge in [-0.3, -0.25) is 4.90 Å². The Morgan fingerprint density at radius 2 is 2.00 bits per heavy atom. The molecule has 0 bridgehead atoms. The zero-order chi connectivity index (χ0) is 16.9. The molecule has 0 amide bonds. The predicted molar refractivity (Wildman–Crippen MR) is 99.8 cm³/mol. The Labute approximate surface area is 156 Å². The predicted octanol–water partition coefficient (Wildman–Crippen LogP) is 2.76. The third kappa shape index (κ3) is 5.23. The molecule has 3 rings (SSSR count). The van der Waals surface area contributed by atoms with Crippen molar-refractivity contribution in [2.45, 2.75) is 56.8 Å². The lowest BCUT2D eigenvalue weighted by atomic mass is 9.91. The third-order valence-electron chi connectivity index (χ3n) is 5.30. The van der Waals surface area contributed by atoms with E-state index in [0.29, 0.717) is 18.4 Å². The van der Waals surface area contributed by atoms with Crippen molar-refractivity contribution in [2.75, 3.05) is 26.8 Å². The van der Waals surface area contributed by atoms with Gasteiger partial charge in [-0.1, -0.05) is 18.9 Å². The molecule has 6 heteroatoms. The Kier molecular flexibility index (Phi) is 7.81. The lowest BCUT2D eigenvalue weighted by Gasteiger charge is -2.37. The van der Waals surface area contributed by atoms with E-state index in [1.807, 2.05) is 12.1 Å². The quantitative estimate of drug-likeness (QED) is 0.805. The summed E-state index contributed by atoms with van der Waals surface area (Å²) in [6.45, 7) is 2.45. The minimum absolute atomic E-state index is 0. The van der Waals surface area contributed by atoms with Crippen LogP contribution in [0.2, 0.25) is 0 Å². The first-order valence-electron chi connectivity index (χ1n) is 9.07. The zero-order valence-electron chi connectivity index (χ0n) is 14.9. The Bertz CT molecular complexity index is 542. The van der Waals surface area contributed by atoms with E-state index in [1.54, 1.807) is 13.2 Å². The van der Waals surface area contributed by atoms with E-state index in [2.05, 4.69) is 4.90 Å². The van der Waals surface area contributed by atoms with Crippen LogP contribution in [0, 0.1) is 0 Å². The number of benzene rings is 1. The molecule has 142 valence electrons. The van der Waals surface area contributed by atoms with Crippen LogP contribution < -0.4 is 4.74 Å². The van der Waals surface area contributed by atoms with Crippen molar-refractivity contribution in [1.82, 2.24) is 4.90 Å². The van der Waals surface area contributed by atoms with Crippen LogP contribution in [0.3, 0.4) is 0 Å². The fourth-order valence-corrected chi connectivity index (χ4v) is 3.96. The highest BCUT2D eigenvalue weighted by Gasteiger charge is 2.34. The number of hydrogen-bond donors (Lipinski definition) is 2. The van der Waals surface area contributed by atoms with Gasteiger partial charge in [-0.05, 0) is 43.4 Å². The van der Waals surface area contributed by atoms with Crippen LogP contribution in [0.4, 0.5) is 0 Å². The van der Waals surface area contributed by atoms with Crippen LogP contribution in [0.1, 0.15) is 37.7 Å². The number of rotatable bonds is 6. The maximum atomic E-state index is 9.80. The van der Waals surface area contributed by atoms with Gasteiger partial charge in [0.25, 0.3) is 0 Å². The summed E-state index contributed by atoms with van der Waals surface area (Å²) >= 11 is 0. The molecule has 0 radical (unpaired) electrons. The van der Waals surface area contributed by atoms with Gasteiger partial charge in [-0.15, -0.1) is 12.4 Å². The van der Waals surface area contributed by atoms with Gasteiger partial charge >= 0.3 is 0 Å². The number of phenolic OH excluding ortho intramolecular Hbond substituents is 1. The highest BCUT2D eigenvalue weighted by atomic mass is 35.5. The Morgan fingerprint density at radius 3 is 2.72 bits per heavy atom. The lowest BCUT2D eigenvalue weighted by Crippen LogP contribution is -2.46. The summed E-state index contributed by atoms with van der Waals surface area (Å²) in [4.78, 5) is 2.41. The zero-order valence-corrected chi connectivity index (χ0v) is 15.7. The lowest BCUT2D eigenvalue weighted by molar-refractivity contribution is -0.0316. The summed E-state index contributed by atoms with van der Waals surface area (Å²) < 4.78 is 11.4. The molecule has 1 aliphatic carbocycles. The second-order valence-electron chi connectivity index (χ2n) is 6.95. The Hall–Kier alpha value is -1.01. The normalized spacial score (nSPS) is 27.0.